The van der Waals surface area contributed by atoms with Crippen molar-refractivity contribution < 1.29 is 0 Å². The normalized spacial score (nSPS) is 18.5. The second-order valence-electron chi connectivity index (χ2n) is 8.72. The van der Waals surface area contributed by atoms with Gasteiger partial charge in [-0.05, 0) is 88.5 Å². The zero-order chi connectivity index (χ0) is 23.0. The molecule has 0 aliphatic carbocycles. The maximum Gasteiger partial charge on any atom is 0.170 e. The van der Waals surface area contributed by atoms with Crippen LogP contribution in [0.1, 0.15) is 40.3 Å². The van der Waals surface area contributed by atoms with Crippen LogP contribution in [0.4, 0.5) is 0 Å². The molecule has 0 unspecified atom stereocenters. The summed E-state index contributed by atoms with van der Waals surface area (Å²) in [6.07, 6.45) is 1.85. The SMILES string of the molecule is Cc1ccc(Cl)cc1-n1c(C)cc([C@H]2[C@H](c3ccccn3)NC(=S)N2CCN(C)C)c1C. The minimum absolute atomic E-state index is 0.0136. The van der Waals surface area contributed by atoms with Crippen molar-refractivity contribution >= 4 is 28.9 Å². The van der Waals surface area contributed by atoms with Gasteiger partial charge in [-0.1, -0.05) is 23.7 Å². The van der Waals surface area contributed by atoms with Crippen LogP contribution >= 0.6 is 23.8 Å². The number of halogens is 1. The van der Waals surface area contributed by atoms with Crippen LogP contribution in [0, 0.1) is 20.8 Å². The molecule has 0 bridgehead atoms. The van der Waals surface area contributed by atoms with Crippen LogP contribution in [0.25, 0.3) is 5.69 Å². The lowest BCUT2D eigenvalue weighted by Crippen LogP contribution is -2.35. The summed E-state index contributed by atoms with van der Waals surface area (Å²) in [5, 5.41) is 5.07. The molecule has 2 atom stereocenters. The molecule has 32 heavy (non-hydrogen) atoms. The average Bonchev–Trinajstić information content (AvgIpc) is 3.24. The molecule has 1 aliphatic heterocycles. The standard InChI is InChI=1S/C25H30ClN5S/c1-16-9-10-19(26)15-22(16)31-17(2)14-20(18(31)3)24-23(21-8-6-7-11-27-21)28-25(32)30(24)13-12-29(4)5/h6-11,14-15,23-24H,12-13H2,1-5H3,(H,28,32)/t23-,24-/m0/s1. The summed E-state index contributed by atoms with van der Waals surface area (Å²) in [5.41, 5.74) is 6.92. The zero-order valence-electron chi connectivity index (χ0n) is 19.3. The van der Waals surface area contributed by atoms with Gasteiger partial charge in [0.1, 0.15) is 0 Å². The lowest BCUT2D eigenvalue weighted by molar-refractivity contribution is 0.277. The Morgan fingerprint density at radius 3 is 2.59 bits per heavy atom. The highest BCUT2D eigenvalue weighted by molar-refractivity contribution is 7.80. The van der Waals surface area contributed by atoms with E-state index in [2.05, 4.69) is 77.7 Å². The molecule has 4 rings (SSSR count). The van der Waals surface area contributed by atoms with Gasteiger partial charge < -0.3 is 19.7 Å². The summed E-state index contributed by atoms with van der Waals surface area (Å²) >= 11 is 12.2. The number of aromatic nitrogens is 2. The Balaban J connectivity index is 1.83. The molecule has 0 spiro atoms. The van der Waals surface area contributed by atoms with E-state index in [1.54, 1.807) is 0 Å². The van der Waals surface area contributed by atoms with Crippen LogP contribution in [0.3, 0.4) is 0 Å². The minimum Gasteiger partial charge on any atom is -0.352 e. The molecular formula is C25H30ClN5S. The molecule has 1 N–H and O–H groups in total. The number of hydrogen-bond donors (Lipinski definition) is 1. The lowest BCUT2D eigenvalue weighted by atomic mass is 9.96. The minimum atomic E-state index is -0.0136. The Bertz CT molecular complexity index is 1120. The van der Waals surface area contributed by atoms with Gasteiger partial charge in [0, 0.05) is 41.4 Å². The first-order valence-electron chi connectivity index (χ1n) is 10.9. The number of rotatable bonds is 6. The first-order valence-corrected chi connectivity index (χ1v) is 11.6. The second-order valence-corrected chi connectivity index (χ2v) is 9.54. The van der Waals surface area contributed by atoms with E-state index in [0.29, 0.717) is 0 Å². The highest BCUT2D eigenvalue weighted by atomic mass is 35.5. The number of hydrogen-bond acceptors (Lipinski definition) is 3. The van der Waals surface area contributed by atoms with Crippen LogP contribution in [0.2, 0.25) is 5.02 Å². The van der Waals surface area contributed by atoms with Gasteiger partial charge in [0.2, 0.25) is 0 Å². The Morgan fingerprint density at radius 2 is 1.91 bits per heavy atom. The first-order chi connectivity index (χ1) is 15.3. The third-order valence-electron chi connectivity index (χ3n) is 6.19. The molecule has 0 amide bonds. The van der Waals surface area contributed by atoms with Gasteiger partial charge in [0.05, 0.1) is 17.8 Å². The molecule has 3 heterocycles. The van der Waals surface area contributed by atoms with Gasteiger partial charge in [-0.3, -0.25) is 4.98 Å². The van der Waals surface area contributed by atoms with Crippen molar-refractivity contribution in [2.45, 2.75) is 32.9 Å². The largest absolute Gasteiger partial charge is 0.352 e. The Hall–Kier alpha value is -2.41. The van der Waals surface area contributed by atoms with Gasteiger partial charge in [-0.2, -0.15) is 0 Å². The van der Waals surface area contributed by atoms with E-state index in [-0.39, 0.29) is 12.1 Å². The Kier molecular flexibility index (Phi) is 6.56. The summed E-state index contributed by atoms with van der Waals surface area (Å²) in [7, 11) is 4.18. The van der Waals surface area contributed by atoms with Crippen molar-refractivity contribution in [3.8, 4) is 5.69 Å². The molecule has 168 valence electrons. The van der Waals surface area contributed by atoms with Gasteiger partial charge >= 0.3 is 0 Å². The van der Waals surface area contributed by atoms with Gasteiger partial charge in [-0.15, -0.1) is 0 Å². The number of aryl methyl sites for hydroxylation is 2. The molecule has 5 nitrogen and oxygen atoms in total. The van der Waals surface area contributed by atoms with Crippen molar-refractivity contribution in [3.63, 3.8) is 0 Å². The van der Waals surface area contributed by atoms with Crippen molar-refractivity contribution in [1.82, 2.24) is 24.7 Å². The van der Waals surface area contributed by atoms with Crippen molar-refractivity contribution in [2.24, 2.45) is 0 Å². The maximum atomic E-state index is 6.36. The summed E-state index contributed by atoms with van der Waals surface area (Å²) in [4.78, 5) is 9.16. The lowest BCUT2D eigenvalue weighted by Gasteiger charge is -2.29. The number of nitrogens with zero attached hydrogens (tertiary/aromatic N) is 4. The summed E-state index contributed by atoms with van der Waals surface area (Å²) in [6.45, 7) is 8.21. The van der Waals surface area contributed by atoms with Crippen LogP contribution in [-0.4, -0.2) is 51.6 Å². The molecule has 0 radical (unpaired) electrons. The van der Waals surface area contributed by atoms with Crippen LogP contribution in [0.5, 0.6) is 0 Å². The number of pyridine rings is 1. The zero-order valence-corrected chi connectivity index (χ0v) is 20.8. The summed E-state index contributed by atoms with van der Waals surface area (Å²) < 4.78 is 2.30. The fourth-order valence-electron chi connectivity index (χ4n) is 4.57. The molecule has 1 aromatic carbocycles. The topological polar surface area (TPSA) is 36.3 Å². The fourth-order valence-corrected chi connectivity index (χ4v) is 5.07. The third-order valence-corrected chi connectivity index (χ3v) is 6.77. The number of nitrogens with one attached hydrogen (secondary N) is 1. The first kappa shape index (κ1) is 22.8. The van der Waals surface area contributed by atoms with E-state index in [4.69, 9.17) is 23.8 Å². The number of benzene rings is 1. The van der Waals surface area contributed by atoms with E-state index >= 15 is 0 Å². The van der Waals surface area contributed by atoms with E-state index in [9.17, 15) is 0 Å². The quantitative estimate of drug-likeness (QED) is 0.517. The van der Waals surface area contributed by atoms with E-state index in [1.165, 1.54) is 22.5 Å². The smallest absolute Gasteiger partial charge is 0.170 e. The van der Waals surface area contributed by atoms with E-state index in [0.717, 1.165) is 34.6 Å². The third kappa shape index (κ3) is 4.27. The summed E-state index contributed by atoms with van der Waals surface area (Å²) in [5.74, 6) is 0. The van der Waals surface area contributed by atoms with Crippen molar-refractivity contribution in [2.75, 3.05) is 27.2 Å². The Morgan fingerprint density at radius 1 is 1.12 bits per heavy atom. The van der Waals surface area contributed by atoms with Crippen LogP contribution < -0.4 is 5.32 Å². The van der Waals surface area contributed by atoms with Gasteiger partial charge in [0.25, 0.3) is 0 Å². The molecule has 2 aromatic heterocycles. The average molecular weight is 468 g/mol. The molecule has 1 aliphatic rings. The second kappa shape index (κ2) is 9.22. The van der Waals surface area contributed by atoms with Gasteiger partial charge in [-0.25, -0.2) is 0 Å². The molecule has 1 fully saturated rings. The number of thiocarbonyl (C=S) groups is 1. The molecule has 7 heteroatoms. The van der Waals surface area contributed by atoms with Crippen LogP contribution in [-0.2, 0) is 0 Å². The van der Waals surface area contributed by atoms with Crippen LogP contribution in [0.15, 0.2) is 48.7 Å². The highest BCUT2D eigenvalue weighted by Crippen LogP contribution is 2.41. The van der Waals surface area contributed by atoms with E-state index in [1.807, 2.05) is 30.5 Å². The van der Waals surface area contributed by atoms with Crippen molar-refractivity contribution in [1.29, 1.82) is 0 Å². The fraction of sp³-hybridized carbons (Fsp3) is 0.360. The van der Waals surface area contributed by atoms with Gasteiger partial charge in [0.15, 0.2) is 5.11 Å². The number of likely N-dealkylation sites (N-methyl/N-ethyl adjacent to an activating group) is 1. The predicted molar refractivity (Wildman–Crippen MR) is 136 cm³/mol. The highest BCUT2D eigenvalue weighted by Gasteiger charge is 2.41. The monoisotopic (exact) mass is 467 g/mol. The molecular weight excluding hydrogens is 438 g/mol. The molecule has 1 saturated heterocycles. The van der Waals surface area contributed by atoms with Crippen molar-refractivity contribution in [3.05, 3.63) is 81.9 Å². The predicted octanol–water partition coefficient (Wildman–Crippen LogP) is 4.99. The van der Waals surface area contributed by atoms with E-state index < -0.39 is 0 Å². The molecule has 0 saturated carbocycles. The molecule has 3 aromatic rings. The Labute approximate surface area is 201 Å². The maximum absolute atomic E-state index is 6.36. The summed E-state index contributed by atoms with van der Waals surface area (Å²) in [6, 6.07) is 14.4.